The van der Waals surface area contributed by atoms with Crippen molar-refractivity contribution >= 4 is 16.6 Å². The van der Waals surface area contributed by atoms with Crippen molar-refractivity contribution in [2.75, 3.05) is 12.3 Å². The predicted octanol–water partition coefficient (Wildman–Crippen LogP) is 3.39. The second-order valence-corrected chi connectivity index (χ2v) is 4.11. The van der Waals surface area contributed by atoms with Gasteiger partial charge in [0.2, 0.25) is 0 Å². The number of para-hydroxylation sites is 1. The van der Waals surface area contributed by atoms with E-state index >= 15 is 0 Å². The fourth-order valence-electron chi connectivity index (χ4n) is 1.83. The van der Waals surface area contributed by atoms with Crippen molar-refractivity contribution in [2.24, 2.45) is 0 Å². The first-order chi connectivity index (χ1) is 8.33. The molecular formula is C14H18N2O. The van der Waals surface area contributed by atoms with Crippen molar-refractivity contribution in [3.8, 4) is 5.75 Å². The van der Waals surface area contributed by atoms with Crippen LogP contribution >= 0.6 is 0 Å². The number of ether oxygens (including phenoxy) is 1. The molecule has 0 saturated heterocycles. The number of pyridine rings is 1. The molecule has 2 aromatic rings. The van der Waals surface area contributed by atoms with Gasteiger partial charge in [-0.1, -0.05) is 25.8 Å². The molecule has 0 unspecified atom stereocenters. The van der Waals surface area contributed by atoms with Gasteiger partial charge >= 0.3 is 0 Å². The van der Waals surface area contributed by atoms with Crippen molar-refractivity contribution in [2.45, 2.75) is 26.2 Å². The molecule has 1 aromatic heterocycles. The third kappa shape index (κ3) is 2.67. The monoisotopic (exact) mass is 230 g/mol. The Bertz CT molecular complexity index is 497. The smallest absolute Gasteiger partial charge is 0.130 e. The minimum Gasteiger partial charge on any atom is -0.493 e. The lowest BCUT2D eigenvalue weighted by atomic mass is 10.2. The lowest BCUT2D eigenvalue weighted by Crippen LogP contribution is -1.99. The molecule has 0 saturated carbocycles. The van der Waals surface area contributed by atoms with E-state index in [0.717, 1.165) is 29.7 Å². The first kappa shape index (κ1) is 11.7. The molecule has 17 heavy (non-hydrogen) atoms. The predicted molar refractivity (Wildman–Crippen MR) is 71.2 cm³/mol. The van der Waals surface area contributed by atoms with Crippen molar-refractivity contribution < 1.29 is 4.74 Å². The van der Waals surface area contributed by atoms with Crippen LogP contribution in [0, 0.1) is 0 Å². The summed E-state index contributed by atoms with van der Waals surface area (Å²) >= 11 is 0. The molecule has 2 rings (SSSR count). The zero-order valence-electron chi connectivity index (χ0n) is 10.1. The Morgan fingerprint density at radius 2 is 2.12 bits per heavy atom. The molecule has 0 spiro atoms. The van der Waals surface area contributed by atoms with E-state index in [1.54, 1.807) is 6.20 Å². The van der Waals surface area contributed by atoms with E-state index in [9.17, 15) is 0 Å². The molecule has 1 heterocycles. The normalized spacial score (nSPS) is 10.6. The third-order valence-corrected chi connectivity index (χ3v) is 2.77. The fourth-order valence-corrected chi connectivity index (χ4v) is 1.83. The second kappa shape index (κ2) is 5.53. The molecule has 0 aliphatic heterocycles. The van der Waals surface area contributed by atoms with Gasteiger partial charge in [-0.15, -0.1) is 0 Å². The average Bonchev–Trinajstić information content (AvgIpc) is 2.36. The number of nitrogen functional groups attached to an aromatic ring is 1. The molecule has 0 aliphatic carbocycles. The summed E-state index contributed by atoms with van der Waals surface area (Å²) in [6, 6.07) is 7.68. The molecule has 3 nitrogen and oxygen atoms in total. The number of anilines is 1. The molecule has 2 N–H and O–H groups in total. The van der Waals surface area contributed by atoms with Gasteiger partial charge in [0.15, 0.2) is 0 Å². The van der Waals surface area contributed by atoms with E-state index < -0.39 is 0 Å². The molecule has 0 bridgehead atoms. The first-order valence-electron chi connectivity index (χ1n) is 6.09. The zero-order valence-corrected chi connectivity index (χ0v) is 10.1. The Morgan fingerprint density at radius 1 is 1.24 bits per heavy atom. The summed E-state index contributed by atoms with van der Waals surface area (Å²) < 4.78 is 5.78. The third-order valence-electron chi connectivity index (χ3n) is 2.77. The highest BCUT2D eigenvalue weighted by Crippen LogP contribution is 2.27. The van der Waals surface area contributed by atoms with Gasteiger partial charge in [-0.05, 0) is 24.6 Å². The molecule has 0 radical (unpaired) electrons. The van der Waals surface area contributed by atoms with Crippen LogP contribution in [0.2, 0.25) is 0 Å². The number of unbranched alkanes of at least 4 members (excludes halogenated alkanes) is 2. The first-order valence-corrected chi connectivity index (χ1v) is 6.09. The van der Waals surface area contributed by atoms with Gasteiger partial charge in [0.1, 0.15) is 5.75 Å². The van der Waals surface area contributed by atoms with Crippen LogP contribution in [0.1, 0.15) is 26.2 Å². The average molecular weight is 230 g/mol. The second-order valence-electron chi connectivity index (χ2n) is 4.11. The van der Waals surface area contributed by atoms with Crippen LogP contribution < -0.4 is 10.5 Å². The maximum atomic E-state index is 5.88. The number of benzene rings is 1. The van der Waals surface area contributed by atoms with Gasteiger partial charge in [0.25, 0.3) is 0 Å². The Balaban J connectivity index is 2.19. The number of nitrogens with zero attached hydrogens (tertiary/aromatic N) is 1. The van der Waals surface area contributed by atoms with Crippen LogP contribution in [-0.2, 0) is 0 Å². The Labute approximate surface area is 102 Å². The van der Waals surface area contributed by atoms with Gasteiger partial charge < -0.3 is 10.5 Å². The van der Waals surface area contributed by atoms with Crippen LogP contribution in [0.4, 0.5) is 5.69 Å². The summed E-state index contributed by atoms with van der Waals surface area (Å²) in [5.74, 6) is 0.874. The molecule has 0 fully saturated rings. The van der Waals surface area contributed by atoms with Gasteiger partial charge in [-0.25, -0.2) is 0 Å². The van der Waals surface area contributed by atoms with E-state index in [2.05, 4.69) is 11.9 Å². The van der Waals surface area contributed by atoms with Gasteiger partial charge in [0, 0.05) is 11.6 Å². The number of nitrogens with two attached hydrogens (primary N) is 1. The zero-order chi connectivity index (χ0) is 12.1. The maximum Gasteiger partial charge on any atom is 0.130 e. The number of fused-ring (bicyclic) bond motifs is 1. The van der Waals surface area contributed by atoms with Crippen LogP contribution in [0.3, 0.4) is 0 Å². The summed E-state index contributed by atoms with van der Waals surface area (Å²) in [5.41, 5.74) is 7.40. The van der Waals surface area contributed by atoms with Crippen LogP contribution in [0.5, 0.6) is 5.75 Å². The number of aromatic nitrogens is 1. The summed E-state index contributed by atoms with van der Waals surface area (Å²) in [6.07, 6.45) is 5.23. The van der Waals surface area contributed by atoms with E-state index in [4.69, 9.17) is 10.5 Å². The summed E-state index contributed by atoms with van der Waals surface area (Å²) in [6.45, 7) is 2.93. The van der Waals surface area contributed by atoms with Crippen LogP contribution in [0.15, 0.2) is 30.5 Å². The highest BCUT2D eigenvalue weighted by molar-refractivity contribution is 5.93. The SMILES string of the molecule is CCCCCOc1ccnc2c(N)cccc12. The number of hydrogen-bond donors (Lipinski definition) is 1. The highest BCUT2D eigenvalue weighted by Gasteiger charge is 2.04. The van der Waals surface area contributed by atoms with Crippen molar-refractivity contribution in [1.82, 2.24) is 4.98 Å². The molecule has 1 aromatic carbocycles. The van der Waals surface area contributed by atoms with Crippen molar-refractivity contribution in [3.63, 3.8) is 0 Å². The maximum absolute atomic E-state index is 5.88. The van der Waals surface area contributed by atoms with Crippen LogP contribution in [0.25, 0.3) is 10.9 Å². The molecule has 3 heteroatoms. The Hall–Kier alpha value is -1.77. The Kier molecular flexibility index (Phi) is 3.81. The van der Waals surface area contributed by atoms with Gasteiger partial charge in [-0.3, -0.25) is 4.98 Å². The molecule has 0 aliphatic rings. The fraction of sp³-hybridized carbons (Fsp3) is 0.357. The van der Waals surface area contributed by atoms with Gasteiger partial charge in [0.05, 0.1) is 17.8 Å². The molecule has 0 atom stereocenters. The van der Waals surface area contributed by atoms with E-state index in [1.165, 1.54) is 12.8 Å². The molecular weight excluding hydrogens is 212 g/mol. The standard InChI is InChI=1S/C14H18N2O/c1-2-3-4-10-17-13-8-9-16-14-11(13)6-5-7-12(14)15/h5-9H,2-4,10,15H2,1H3. The lowest BCUT2D eigenvalue weighted by Gasteiger charge is -2.09. The van der Waals surface area contributed by atoms with Gasteiger partial charge in [-0.2, -0.15) is 0 Å². The minimum absolute atomic E-state index is 0.696. The largest absolute Gasteiger partial charge is 0.493 e. The number of hydrogen-bond acceptors (Lipinski definition) is 3. The lowest BCUT2D eigenvalue weighted by molar-refractivity contribution is 0.309. The minimum atomic E-state index is 0.696. The summed E-state index contributed by atoms with van der Waals surface area (Å²) in [4.78, 5) is 4.28. The van der Waals surface area contributed by atoms with Crippen LogP contribution in [-0.4, -0.2) is 11.6 Å². The summed E-state index contributed by atoms with van der Waals surface area (Å²) in [5, 5.41) is 0.990. The molecule has 0 amide bonds. The quantitative estimate of drug-likeness (QED) is 0.632. The summed E-state index contributed by atoms with van der Waals surface area (Å²) in [7, 11) is 0. The van der Waals surface area contributed by atoms with E-state index in [1.807, 2.05) is 24.3 Å². The van der Waals surface area contributed by atoms with E-state index in [0.29, 0.717) is 5.69 Å². The highest BCUT2D eigenvalue weighted by atomic mass is 16.5. The van der Waals surface area contributed by atoms with Crippen molar-refractivity contribution in [3.05, 3.63) is 30.5 Å². The topological polar surface area (TPSA) is 48.1 Å². The Morgan fingerprint density at radius 3 is 2.94 bits per heavy atom. The van der Waals surface area contributed by atoms with E-state index in [-0.39, 0.29) is 0 Å². The van der Waals surface area contributed by atoms with Crippen molar-refractivity contribution in [1.29, 1.82) is 0 Å². The number of rotatable bonds is 5. The molecule has 90 valence electrons.